The summed E-state index contributed by atoms with van der Waals surface area (Å²) < 4.78 is 2.58. The van der Waals surface area contributed by atoms with Gasteiger partial charge in [-0.1, -0.05) is 28.1 Å². The predicted molar refractivity (Wildman–Crippen MR) is 73.2 cm³/mol. The van der Waals surface area contributed by atoms with E-state index in [1.54, 1.807) is 24.0 Å². The highest BCUT2D eigenvalue weighted by Crippen LogP contribution is 2.16. The van der Waals surface area contributed by atoms with Gasteiger partial charge < -0.3 is 5.32 Å². The van der Waals surface area contributed by atoms with E-state index in [1.165, 1.54) is 0 Å². The number of carbonyl (C=O) groups is 1. The Hall–Kier alpha value is -1.62. The largest absolute Gasteiger partial charge is 0.344 e. The summed E-state index contributed by atoms with van der Waals surface area (Å²) >= 11 is 3.39. The summed E-state index contributed by atoms with van der Waals surface area (Å²) in [6.07, 6.45) is 1.61. The Bertz CT molecular complexity index is 548. The molecule has 1 heterocycles. The van der Waals surface area contributed by atoms with E-state index in [2.05, 4.69) is 26.3 Å². The molecule has 0 saturated heterocycles. The number of rotatable bonds is 3. The molecule has 0 aliphatic carbocycles. The lowest BCUT2D eigenvalue weighted by Gasteiger charge is -2.14. The number of aromatic nitrogens is 2. The van der Waals surface area contributed by atoms with Gasteiger partial charge in [0.15, 0.2) is 0 Å². The topological polar surface area (TPSA) is 46.9 Å². The molecule has 1 amide bonds. The van der Waals surface area contributed by atoms with Gasteiger partial charge in [-0.3, -0.25) is 9.48 Å². The zero-order chi connectivity index (χ0) is 13.1. The molecule has 1 unspecified atom stereocenters. The fourth-order valence-corrected chi connectivity index (χ4v) is 1.97. The number of nitrogens with zero attached hydrogens (tertiary/aromatic N) is 2. The highest BCUT2D eigenvalue weighted by molar-refractivity contribution is 9.10. The maximum atomic E-state index is 12.0. The molecule has 0 radical (unpaired) electrons. The third kappa shape index (κ3) is 2.79. The second-order valence-corrected chi connectivity index (χ2v) is 5.00. The predicted octanol–water partition coefficient (Wildman–Crippen LogP) is 2.67. The lowest BCUT2D eigenvalue weighted by atomic mass is 10.1. The Kier molecular flexibility index (Phi) is 3.81. The Morgan fingerprint density at radius 1 is 1.33 bits per heavy atom. The molecule has 0 spiro atoms. The van der Waals surface area contributed by atoms with E-state index in [0.29, 0.717) is 5.69 Å². The van der Waals surface area contributed by atoms with Gasteiger partial charge in [-0.15, -0.1) is 0 Å². The molecular formula is C13H14BrN3O. The summed E-state index contributed by atoms with van der Waals surface area (Å²) in [7, 11) is 1.75. The molecule has 0 aliphatic heterocycles. The molecular weight excluding hydrogens is 294 g/mol. The first-order valence-electron chi connectivity index (χ1n) is 5.62. The van der Waals surface area contributed by atoms with Crippen molar-refractivity contribution in [3.63, 3.8) is 0 Å². The Balaban J connectivity index is 2.08. The Labute approximate surface area is 114 Å². The molecule has 94 valence electrons. The first-order valence-corrected chi connectivity index (χ1v) is 6.41. The first kappa shape index (κ1) is 12.8. The van der Waals surface area contributed by atoms with Crippen LogP contribution in [0.2, 0.25) is 0 Å². The van der Waals surface area contributed by atoms with Crippen LogP contribution < -0.4 is 5.32 Å². The van der Waals surface area contributed by atoms with Crippen LogP contribution in [0.3, 0.4) is 0 Å². The molecule has 0 fully saturated rings. The summed E-state index contributed by atoms with van der Waals surface area (Å²) in [6.45, 7) is 1.96. The Morgan fingerprint density at radius 2 is 2.00 bits per heavy atom. The van der Waals surface area contributed by atoms with E-state index in [-0.39, 0.29) is 11.9 Å². The minimum atomic E-state index is -0.120. The monoisotopic (exact) mass is 307 g/mol. The van der Waals surface area contributed by atoms with E-state index in [1.807, 2.05) is 31.2 Å². The maximum absolute atomic E-state index is 12.0. The number of halogens is 1. The van der Waals surface area contributed by atoms with Crippen LogP contribution in [0.15, 0.2) is 41.0 Å². The fourth-order valence-electron chi connectivity index (χ4n) is 1.70. The number of nitrogens with one attached hydrogen (secondary N) is 1. The molecule has 1 atom stereocenters. The second kappa shape index (κ2) is 5.35. The van der Waals surface area contributed by atoms with Crippen LogP contribution in [0.1, 0.15) is 29.0 Å². The van der Waals surface area contributed by atoms with Crippen LogP contribution in [-0.4, -0.2) is 15.7 Å². The van der Waals surface area contributed by atoms with E-state index in [0.717, 1.165) is 10.0 Å². The van der Waals surface area contributed by atoms with E-state index < -0.39 is 0 Å². The van der Waals surface area contributed by atoms with Crippen molar-refractivity contribution in [1.29, 1.82) is 0 Å². The molecule has 4 nitrogen and oxygen atoms in total. The molecule has 0 bridgehead atoms. The highest BCUT2D eigenvalue weighted by Gasteiger charge is 2.13. The lowest BCUT2D eigenvalue weighted by Crippen LogP contribution is -2.28. The SMILES string of the molecule is CC(NC(=O)c1ccnn1C)c1ccc(Br)cc1. The van der Waals surface area contributed by atoms with Crippen molar-refractivity contribution < 1.29 is 4.79 Å². The van der Waals surface area contributed by atoms with Crippen molar-refractivity contribution >= 4 is 21.8 Å². The smallest absolute Gasteiger partial charge is 0.270 e. The third-order valence-corrected chi connectivity index (χ3v) is 3.30. The van der Waals surface area contributed by atoms with Crippen LogP contribution >= 0.6 is 15.9 Å². The molecule has 0 aliphatic rings. The minimum Gasteiger partial charge on any atom is -0.344 e. The standard InChI is InChI=1S/C13H14BrN3O/c1-9(10-3-5-11(14)6-4-10)16-13(18)12-7-8-15-17(12)2/h3-9H,1-2H3,(H,16,18). The molecule has 5 heteroatoms. The first-order chi connectivity index (χ1) is 8.58. The molecule has 1 N–H and O–H groups in total. The van der Waals surface area contributed by atoms with Crippen molar-refractivity contribution in [3.8, 4) is 0 Å². The van der Waals surface area contributed by atoms with Gasteiger partial charge in [0.25, 0.3) is 5.91 Å². The summed E-state index contributed by atoms with van der Waals surface area (Å²) in [5.41, 5.74) is 1.62. The third-order valence-electron chi connectivity index (χ3n) is 2.77. The number of hydrogen-bond donors (Lipinski definition) is 1. The highest BCUT2D eigenvalue weighted by atomic mass is 79.9. The minimum absolute atomic E-state index is 0.0412. The van der Waals surface area contributed by atoms with Crippen LogP contribution in [-0.2, 0) is 7.05 Å². The van der Waals surface area contributed by atoms with Gasteiger partial charge in [0.05, 0.1) is 6.04 Å². The fraction of sp³-hybridized carbons (Fsp3) is 0.231. The van der Waals surface area contributed by atoms with Crippen LogP contribution in [0, 0.1) is 0 Å². The molecule has 2 aromatic rings. The zero-order valence-electron chi connectivity index (χ0n) is 10.2. The summed E-state index contributed by atoms with van der Waals surface area (Å²) in [6, 6.07) is 9.55. The summed E-state index contributed by atoms with van der Waals surface area (Å²) in [5.74, 6) is -0.120. The quantitative estimate of drug-likeness (QED) is 0.947. The molecule has 2 rings (SSSR count). The van der Waals surface area contributed by atoms with Crippen molar-refractivity contribution in [3.05, 3.63) is 52.3 Å². The second-order valence-electron chi connectivity index (χ2n) is 4.09. The lowest BCUT2D eigenvalue weighted by molar-refractivity contribution is 0.0930. The molecule has 18 heavy (non-hydrogen) atoms. The molecule has 0 saturated carbocycles. The molecule has 1 aromatic carbocycles. The van der Waals surface area contributed by atoms with E-state index >= 15 is 0 Å². The van der Waals surface area contributed by atoms with Gasteiger partial charge in [-0.25, -0.2) is 0 Å². The van der Waals surface area contributed by atoms with Gasteiger partial charge in [0.2, 0.25) is 0 Å². The van der Waals surface area contributed by atoms with Gasteiger partial charge in [-0.2, -0.15) is 5.10 Å². The van der Waals surface area contributed by atoms with Gasteiger partial charge in [0.1, 0.15) is 5.69 Å². The van der Waals surface area contributed by atoms with E-state index in [9.17, 15) is 4.79 Å². The average Bonchev–Trinajstić information content (AvgIpc) is 2.76. The van der Waals surface area contributed by atoms with Gasteiger partial charge in [-0.05, 0) is 30.7 Å². The van der Waals surface area contributed by atoms with Crippen molar-refractivity contribution in [2.24, 2.45) is 7.05 Å². The van der Waals surface area contributed by atoms with Crippen molar-refractivity contribution in [2.45, 2.75) is 13.0 Å². The number of aryl methyl sites for hydroxylation is 1. The number of hydrogen-bond acceptors (Lipinski definition) is 2. The van der Waals surface area contributed by atoms with Crippen molar-refractivity contribution in [1.82, 2.24) is 15.1 Å². The van der Waals surface area contributed by atoms with Gasteiger partial charge in [0, 0.05) is 17.7 Å². The number of benzene rings is 1. The summed E-state index contributed by atoms with van der Waals surface area (Å²) in [4.78, 5) is 12.0. The summed E-state index contributed by atoms with van der Waals surface area (Å²) in [5, 5.41) is 6.92. The Morgan fingerprint density at radius 3 is 2.56 bits per heavy atom. The zero-order valence-corrected chi connectivity index (χ0v) is 11.8. The maximum Gasteiger partial charge on any atom is 0.270 e. The average molecular weight is 308 g/mol. The number of amides is 1. The van der Waals surface area contributed by atoms with Crippen molar-refractivity contribution in [2.75, 3.05) is 0 Å². The van der Waals surface area contributed by atoms with Gasteiger partial charge >= 0.3 is 0 Å². The van der Waals surface area contributed by atoms with Crippen LogP contribution in [0.4, 0.5) is 0 Å². The normalized spacial score (nSPS) is 12.2. The van der Waals surface area contributed by atoms with E-state index in [4.69, 9.17) is 0 Å². The van der Waals surface area contributed by atoms with Crippen LogP contribution in [0.5, 0.6) is 0 Å². The molecule has 1 aromatic heterocycles. The number of carbonyl (C=O) groups excluding carboxylic acids is 1. The van der Waals surface area contributed by atoms with Crippen LogP contribution in [0.25, 0.3) is 0 Å².